The minimum atomic E-state index is -0.972. The van der Waals surface area contributed by atoms with Gasteiger partial charge >= 0.3 is 17.6 Å². The van der Waals surface area contributed by atoms with Crippen molar-refractivity contribution in [1.82, 2.24) is 5.32 Å². The van der Waals surface area contributed by atoms with Crippen LogP contribution in [0.2, 0.25) is 0 Å². The van der Waals surface area contributed by atoms with E-state index in [1.807, 2.05) is 0 Å². The van der Waals surface area contributed by atoms with Gasteiger partial charge in [0.05, 0.1) is 34.1 Å². The van der Waals surface area contributed by atoms with Crippen molar-refractivity contribution in [2.24, 2.45) is 0 Å². The van der Waals surface area contributed by atoms with Crippen LogP contribution in [0.5, 0.6) is 5.75 Å². The number of carbonyl (C=O) groups excluding carboxylic acids is 4. The van der Waals surface area contributed by atoms with Gasteiger partial charge in [-0.25, -0.2) is 9.59 Å². The van der Waals surface area contributed by atoms with E-state index in [1.165, 1.54) is 19.2 Å². The summed E-state index contributed by atoms with van der Waals surface area (Å²) in [5, 5.41) is 16.2. The Balaban J connectivity index is 2.16. The van der Waals surface area contributed by atoms with Crippen LogP contribution in [-0.4, -0.2) is 55.5 Å². The Labute approximate surface area is 198 Å². The third-order valence-electron chi connectivity index (χ3n) is 4.34. The van der Waals surface area contributed by atoms with Gasteiger partial charge in [0.1, 0.15) is 5.00 Å². The van der Waals surface area contributed by atoms with Gasteiger partial charge < -0.3 is 24.8 Å². The third-order valence-corrected chi connectivity index (χ3v) is 5.54. The summed E-state index contributed by atoms with van der Waals surface area (Å²) < 4.78 is 15.1. The fraction of sp³-hybridized carbons (Fsp3) is 0.333. The number of nitrogens with zero attached hydrogens (tertiary/aromatic N) is 1. The molecular formula is C21H23N3O9S. The lowest BCUT2D eigenvalue weighted by atomic mass is 10.1. The molecular weight excluding hydrogens is 470 g/mol. The number of rotatable bonds is 10. The number of nitro benzene ring substituents is 1. The van der Waals surface area contributed by atoms with E-state index in [2.05, 4.69) is 10.6 Å². The lowest BCUT2D eigenvalue weighted by molar-refractivity contribution is -0.385. The molecule has 0 spiro atoms. The molecule has 0 bridgehead atoms. The molecule has 12 nitrogen and oxygen atoms in total. The van der Waals surface area contributed by atoms with Crippen LogP contribution in [-0.2, 0) is 14.3 Å². The zero-order valence-corrected chi connectivity index (χ0v) is 19.7. The van der Waals surface area contributed by atoms with Crippen molar-refractivity contribution < 1.29 is 38.3 Å². The predicted octanol–water partition coefficient (Wildman–Crippen LogP) is 2.70. The highest BCUT2D eigenvalue weighted by atomic mass is 32.1. The van der Waals surface area contributed by atoms with Crippen LogP contribution in [0, 0.1) is 17.0 Å². The van der Waals surface area contributed by atoms with E-state index < -0.39 is 41.0 Å². The monoisotopic (exact) mass is 493 g/mol. The SMILES string of the molecule is CCOC(=O)c1c(NC(=O)COC(=O)c2ccc(OCC)c([N+](=O)[O-])c2)sc(C(=O)NC)c1C. The molecule has 0 fully saturated rings. The average molecular weight is 493 g/mol. The van der Waals surface area contributed by atoms with Crippen LogP contribution < -0.4 is 15.4 Å². The van der Waals surface area contributed by atoms with Gasteiger partial charge in [0.25, 0.3) is 11.8 Å². The first-order chi connectivity index (χ1) is 16.1. The van der Waals surface area contributed by atoms with Gasteiger partial charge in [0.15, 0.2) is 12.4 Å². The molecule has 34 heavy (non-hydrogen) atoms. The maximum absolute atomic E-state index is 12.4. The van der Waals surface area contributed by atoms with Gasteiger partial charge in [-0.05, 0) is 38.5 Å². The number of amides is 2. The number of ether oxygens (including phenoxy) is 3. The molecule has 0 aliphatic rings. The molecule has 0 saturated carbocycles. The van der Waals surface area contributed by atoms with Crippen LogP contribution in [0.1, 0.15) is 49.8 Å². The molecule has 0 unspecified atom stereocenters. The van der Waals surface area contributed by atoms with Crippen LogP contribution >= 0.6 is 11.3 Å². The molecule has 0 radical (unpaired) electrons. The molecule has 2 N–H and O–H groups in total. The normalized spacial score (nSPS) is 10.2. The number of hydrogen-bond acceptors (Lipinski definition) is 10. The van der Waals surface area contributed by atoms with Gasteiger partial charge in [0.2, 0.25) is 0 Å². The summed E-state index contributed by atoms with van der Waals surface area (Å²) in [6.07, 6.45) is 0. The number of benzene rings is 1. The summed E-state index contributed by atoms with van der Waals surface area (Å²) in [5.41, 5.74) is -0.219. The number of nitrogens with one attached hydrogen (secondary N) is 2. The van der Waals surface area contributed by atoms with Crippen LogP contribution in [0.3, 0.4) is 0 Å². The Hall–Kier alpha value is -4.00. The van der Waals surface area contributed by atoms with Crippen molar-refractivity contribution in [2.75, 3.05) is 32.2 Å². The number of hydrogen-bond donors (Lipinski definition) is 2. The topological polar surface area (TPSA) is 163 Å². The largest absolute Gasteiger partial charge is 0.487 e. The molecule has 2 rings (SSSR count). The maximum atomic E-state index is 12.4. The standard InChI is InChI=1S/C21H23N3O9S/c1-5-31-14-8-7-12(9-13(14)24(29)30)20(27)33-10-15(25)23-19-16(21(28)32-6-2)11(3)17(34-19)18(26)22-4/h7-9H,5-6,10H2,1-4H3,(H,22,26)(H,23,25). The molecule has 0 aliphatic heterocycles. The second kappa shape index (κ2) is 11.7. The Bertz CT molecular complexity index is 1130. The summed E-state index contributed by atoms with van der Waals surface area (Å²) in [4.78, 5) is 59.9. The van der Waals surface area contributed by atoms with E-state index >= 15 is 0 Å². The summed E-state index contributed by atoms with van der Waals surface area (Å²) >= 11 is 0.869. The van der Waals surface area contributed by atoms with Crippen molar-refractivity contribution in [3.63, 3.8) is 0 Å². The Morgan fingerprint density at radius 2 is 1.79 bits per heavy atom. The van der Waals surface area contributed by atoms with Crippen LogP contribution in [0.4, 0.5) is 10.7 Å². The molecule has 2 amide bonds. The average Bonchev–Trinajstić information content (AvgIpc) is 3.12. The number of esters is 2. The molecule has 182 valence electrons. The highest BCUT2D eigenvalue weighted by molar-refractivity contribution is 7.18. The van der Waals surface area contributed by atoms with Crippen LogP contribution in [0.25, 0.3) is 0 Å². The van der Waals surface area contributed by atoms with Gasteiger partial charge in [0, 0.05) is 13.1 Å². The Kier molecular flexibility index (Phi) is 9.07. The van der Waals surface area contributed by atoms with Crippen molar-refractivity contribution in [2.45, 2.75) is 20.8 Å². The lowest BCUT2D eigenvalue weighted by Crippen LogP contribution is -2.22. The van der Waals surface area contributed by atoms with Gasteiger partial charge in [-0.1, -0.05) is 0 Å². The highest BCUT2D eigenvalue weighted by Gasteiger charge is 2.27. The Morgan fingerprint density at radius 1 is 1.09 bits per heavy atom. The first-order valence-corrected chi connectivity index (χ1v) is 10.9. The molecule has 2 aromatic rings. The van der Waals surface area contributed by atoms with Gasteiger partial charge in [-0.2, -0.15) is 0 Å². The molecule has 0 saturated heterocycles. The zero-order chi connectivity index (χ0) is 25.4. The number of thiophene rings is 1. The Morgan fingerprint density at radius 3 is 2.38 bits per heavy atom. The third kappa shape index (κ3) is 6.07. The minimum Gasteiger partial charge on any atom is -0.487 e. The minimum absolute atomic E-state index is 0.00623. The van der Waals surface area contributed by atoms with Crippen molar-refractivity contribution >= 4 is 45.8 Å². The summed E-state index contributed by atoms with van der Waals surface area (Å²) in [6, 6.07) is 3.52. The molecule has 0 atom stereocenters. The summed E-state index contributed by atoms with van der Waals surface area (Å²) in [6.45, 7) is 4.36. The second-order valence-corrected chi connectivity index (χ2v) is 7.58. The zero-order valence-electron chi connectivity index (χ0n) is 18.9. The number of nitro groups is 1. The van der Waals surface area contributed by atoms with Gasteiger partial charge in [-0.3, -0.25) is 19.7 Å². The smallest absolute Gasteiger partial charge is 0.341 e. The fourth-order valence-electron chi connectivity index (χ4n) is 2.82. The summed E-state index contributed by atoms with van der Waals surface area (Å²) in [5.74, 6) is -2.94. The van der Waals surface area contributed by atoms with Crippen LogP contribution in [0.15, 0.2) is 18.2 Å². The van der Waals surface area contributed by atoms with E-state index in [0.717, 1.165) is 17.4 Å². The first-order valence-electron chi connectivity index (χ1n) is 10.0. The summed E-state index contributed by atoms with van der Waals surface area (Å²) in [7, 11) is 1.43. The first kappa shape index (κ1) is 26.3. The van der Waals surface area contributed by atoms with E-state index in [4.69, 9.17) is 14.2 Å². The lowest BCUT2D eigenvalue weighted by Gasteiger charge is -2.09. The molecule has 1 aromatic carbocycles. The fourth-order valence-corrected chi connectivity index (χ4v) is 3.98. The van der Waals surface area contributed by atoms with Gasteiger partial charge in [-0.15, -0.1) is 11.3 Å². The quantitative estimate of drug-likeness (QED) is 0.288. The molecule has 0 aliphatic carbocycles. The van der Waals surface area contributed by atoms with E-state index in [1.54, 1.807) is 20.8 Å². The van der Waals surface area contributed by atoms with Crippen molar-refractivity contribution in [3.8, 4) is 5.75 Å². The highest BCUT2D eigenvalue weighted by Crippen LogP contribution is 2.34. The number of anilines is 1. The van der Waals surface area contributed by atoms with Crippen molar-refractivity contribution in [1.29, 1.82) is 0 Å². The maximum Gasteiger partial charge on any atom is 0.341 e. The van der Waals surface area contributed by atoms with Crippen molar-refractivity contribution in [3.05, 3.63) is 49.9 Å². The van der Waals surface area contributed by atoms with E-state index in [9.17, 15) is 29.3 Å². The van der Waals surface area contributed by atoms with E-state index in [-0.39, 0.29) is 40.0 Å². The van der Waals surface area contributed by atoms with E-state index in [0.29, 0.717) is 5.56 Å². The predicted molar refractivity (Wildman–Crippen MR) is 122 cm³/mol. The molecule has 1 aromatic heterocycles. The molecule has 13 heteroatoms. The molecule has 1 heterocycles. The second-order valence-electron chi connectivity index (χ2n) is 6.56. The number of carbonyl (C=O) groups is 4.